The van der Waals surface area contributed by atoms with E-state index in [-0.39, 0.29) is 0 Å². The van der Waals surface area contributed by atoms with Crippen LogP contribution in [0.4, 0.5) is 0 Å². The van der Waals surface area contributed by atoms with Crippen LogP contribution in [0, 0.1) is 0 Å². The van der Waals surface area contributed by atoms with Crippen LogP contribution >= 0.6 is 11.8 Å². The standard InChI is InChI=1S/C8H20N2OS/c1-11-7-5-9-3-4-10-6-8-12-2/h9-10H,3-8H2,1-2H3. The molecule has 0 aliphatic heterocycles. The highest BCUT2D eigenvalue weighted by Crippen LogP contribution is 1.86. The molecule has 0 aromatic heterocycles. The smallest absolute Gasteiger partial charge is 0.0587 e. The monoisotopic (exact) mass is 192 g/mol. The molecule has 0 unspecified atom stereocenters. The first kappa shape index (κ1) is 12.2. The average molecular weight is 192 g/mol. The largest absolute Gasteiger partial charge is 0.383 e. The van der Waals surface area contributed by atoms with Gasteiger partial charge in [0.1, 0.15) is 0 Å². The second-order valence-electron chi connectivity index (χ2n) is 2.49. The van der Waals surface area contributed by atoms with E-state index in [9.17, 15) is 0 Å². The maximum Gasteiger partial charge on any atom is 0.0587 e. The maximum atomic E-state index is 4.90. The van der Waals surface area contributed by atoms with Gasteiger partial charge in [-0.2, -0.15) is 11.8 Å². The van der Waals surface area contributed by atoms with Gasteiger partial charge >= 0.3 is 0 Å². The summed E-state index contributed by atoms with van der Waals surface area (Å²) < 4.78 is 4.90. The number of hydrogen-bond acceptors (Lipinski definition) is 4. The lowest BCUT2D eigenvalue weighted by molar-refractivity contribution is 0.199. The van der Waals surface area contributed by atoms with Gasteiger partial charge in [0, 0.05) is 39.0 Å². The van der Waals surface area contributed by atoms with Gasteiger partial charge in [-0.15, -0.1) is 0 Å². The molecule has 0 rings (SSSR count). The van der Waals surface area contributed by atoms with Crippen LogP contribution in [0.5, 0.6) is 0 Å². The van der Waals surface area contributed by atoms with Crippen molar-refractivity contribution >= 4 is 11.8 Å². The van der Waals surface area contributed by atoms with Gasteiger partial charge in [-0.3, -0.25) is 0 Å². The molecule has 2 N–H and O–H groups in total. The van der Waals surface area contributed by atoms with Crippen molar-refractivity contribution in [2.45, 2.75) is 0 Å². The molecular weight excluding hydrogens is 172 g/mol. The Morgan fingerprint density at radius 1 is 1.08 bits per heavy atom. The highest BCUT2D eigenvalue weighted by atomic mass is 32.2. The number of methoxy groups -OCH3 is 1. The summed E-state index contributed by atoms with van der Waals surface area (Å²) in [6, 6.07) is 0. The summed E-state index contributed by atoms with van der Waals surface area (Å²) >= 11 is 1.87. The van der Waals surface area contributed by atoms with Crippen LogP contribution in [0.25, 0.3) is 0 Å². The minimum Gasteiger partial charge on any atom is -0.383 e. The fourth-order valence-corrected chi connectivity index (χ4v) is 1.12. The number of nitrogens with one attached hydrogen (secondary N) is 2. The zero-order valence-electron chi connectivity index (χ0n) is 8.06. The van der Waals surface area contributed by atoms with Crippen LogP contribution in [0.2, 0.25) is 0 Å². The van der Waals surface area contributed by atoms with Gasteiger partial charge in [0.2, 0.25) is 0 Å². The zero-order valence-corrected chi connectivity index (χ0v) is 8.88. The van der Waals surface area contributed by atoms with Gasteiger partial charge in [-0.05, 0) is 6.26 Å². The van der Waals surface area contributed by atoms with E-state index in [0.717, 1.165) is 32.8 Å². The van der Waals surface area contributed by atoms with Gasteiger partial charge in [-0.1, -0.05) is 0 Å². The van der Waals surface area contributed by atoms with Crippen molar-refractivity contribution in [1.29, 1.82) is 0 Å². The Kier molecular flexibility index (Phi) is 11.4. The van der Waals surface area contributed by atoms with E-state index in [4.69, 9.17) is 4.74 Å². The predicted octanol–water partition coefficient (Wildman–Crippen LogP) is 0.175. The second kappa shape index (κ2) is 11.2. The summed E-state index contributed by atoms with van der Waals surface area (Å²) in [5.74, 6) is 1.19. The van der Waals surface area contributed by atoms with E-state index in [1.807, 2.05) is 11.8 Å². The Hall–Kier alpha value is 0.230. The lowest BCUT2D eigenvalue weighted by atomic mass is 10.5. The average Bonchev–Trinajstić information content (AvgIpc) is 2.10. The van der Waals surface area contributed by atoms with E-state index in [0.29, 0.717) is 0 Å². The maximum absolute atomic E-state index is 4.90. The first-order chi connectivity index (χ1) is 5.91. The number of hydrogen-bond donors (Lipinski definition) is 2. The number of ether oxygens (including phenoxy) is 1. The highest BCUT2D eigenvalue weighted by Gasteiger charge is 1.86. The summed E-state index contributed by atoms with van der Waals surface area (Å²) in [6.07, 6.45) is 2.12. The molecule has 0 fully saturated rings. The second-order valence-corrected chi connectivity index (χ2v) is 3.47. The van der Waals surface area contributed by atoms with Crippen molar-refractivity contribution in [3.8, 4) is 0 Å². The van der Waals surface area contributed by atoms with Crippen LogP contribution < -0.4 is 10.6 Å². The fraction of sp³-hybridized carbons (Fsp3) is 1.00. The molecular formula is C8H20N2OS. The lowest BCUT2D eigenvalue weighted by Gasteiger charge is -2.04. The molecule has 0 saturated heterocycles. The van der Waals surface area contributed by atoms with Crippen molar-refractivity contribution in [1.82, 2.24) is 10.6 Å². The quantitative estimate of drug-likeness (QED) is 0.510. The molecule has 0 bridgehead atoms. The molecule has 12 heavy (non-hydrogen) atoms. The normalized spacial score (nSPS) is 10.5. The van der Waals surface area contributed by atoms with E-state index < -0.39 is 0 Å². The molecule has 3 nitrogen and oxygen atoms in total. The highest BCUT2D eigenvalue weighted by molar-refractivity contribution is 7.98. The van der Waals surface area contributed by atoms with Crippen LogP contribution in [0.3, 0.4) is 0 Å². The minimum atomic E-state index is 0.796. The minimum absolute atomic E-state index is 0.796. The molecule has 0 radical (unpaired) electrons. The Bertz CT molecular complexity index is 73.5. The van der Waals surface area contributed by atoms with Crippen LogP contribution in [0.15, 0.2) is 0 Å². The fourth-order valence-electron chi connectivity index (χ4n) is 0.775. The molecule has 4 heteroatoms. The van der Waals surface area contributed by atoms with Gasteiger partial charge in [0.25, 0.3) is 0 Å². The van der Waals surface area contributed by atoms with Crippen molar-refractivity contribution in [2.75, 3.05) is 51.9 Å². The summed E-state index contributed by atoms with van der Waals surface area (Å²) in [4.78, 5) is 0. The van der Waals surface area contributed by atoms with Crippen LogP contribution in [0.1, 0.15) is 0 Å². The third-order valence-electron chi connectivity index (χ3n) is 1.44. The van der Waals surface area contributed by atoms with Crippen molar-refractivity contribution in [3.05, 3.63) is 0 Å². The lowest BCUT2D eigenvalue weighted by Crippen LogP contribution is -2.30. The van der Waals surface area contributed by atoms with E-state index in [1.165, 1.54) is 5.75 Å². The summed E-state index contributed by atoms with van der Waals surface area (Å²) in [7, 11) is 1.72. The molecule has 0 aliphatic carbocycles. The molecule has 0 heterocycles. The molecule has 0 saturated carbocycles. The molecule has 0 atom stereocenters. The Balaban J connectivity index is 2.73. The molecule has 0 amide bonds. The first-order valence-electron chi connectivity index (χ1n) is 4.31. The third kappa shape index (κ3) is 10.2. The predicted molar refractivity (Wildman–Crippen MR) is 56.0 cm³/mol. The number of thioether (sulfide) groups is 1. The molecule has 74 valence electrons. The van der Waals surface area contributed by atoms with E-state index in [1.54, 1.807) is 7.11 Å². The van der Waals surface area contributed by atoms with Crippen molar-refractivity contribution in [2.24, 2.45) is 0 Å². The van der Waals surface area contributed by atoms with E-state index >= 15 is 0 Å². The Labute approximate surface area is 79.6 Å². The Morgan fingerprint density at radius 3 is 2.33 bits per heavy atom. The van der Waals surface area contributed by atoms with Gasteiger partial charge in [0.05, 0.1) is 6.61 Å². The summed E-state index contributed by atoms with van der Waals surface area (Å²) in [5, 5.41) is 6.61. The summed E-state index contributed by atoms with van der Waals surface area (Å²) in [6.45, 7) is 4.92. The summed E-state index contributed by atoms with van der Waals surface area (Å²) in [5.41, 5.74) is 0. The first-order valence-corrected chi connectivity index (χ1v) is 5.70. The van der Waals surface area contributed by atoms with Crippen LogP contribution in [-0.4, -0.2) is 51.9 Å². The molecule has 0 aliphatic rings. The van der Waals surface area contributed by atoms with Crippen LogP contribution in [-0.2, 0) is 4.74 Å². The SMILES string of the molecule is COCCNCCNCCSC. The van der Waals surface area contributed by atoms with Gasteiger partial charge in [-0.25, -0.2) is 0 Å². The van der Waals surface area contributed by atoms with Gasteiger partial charge < -0.3 is 15.4 Å². The van der Waals surface area contributed by atoms with Crippen molar-refractivity contribution in [3.63, 3.8) is 0 Å². The molecule has 0 spiro atoms. The Morgan fingerprint density at radius 2 is 1.75 bits per heavy atom. The van der Waals surface area contributed by atoms with Gasteiger partial charge in [0.15, 0.2) is 0 Å². The third-order valence-corrected chi connectivity index (χ3v) is 2.06. The topological polar surface area (TPSA) is 33.3 Å². The number of rotatable bonds is 9. The van der Waals surface area contributed by atoms with Crippen molar-refractivity contribution < 1.29 is 4.74 Å². The van der Waals surface area contributed by atoms with E-state index in [2.05, 4.69) is 16.9 Å². The zero-order chi connectivity index (χ0) is 9.07. The molecule has 0 aromatic carbocycles. The molecule has 0 aromatic rings.